The molecule has 62 valence electrons. The van der Waals surface area contributed by atoms with Gasteiger partial charge < -0.3 is 0 Å². The van der Waals surface area contributed by atoms with Crippen LogP contribution in [0.4, 0.5) is 0 Å². The maximum absolute atomic E-state index is 8.58. The van der Waals surface area contributed by atoms with E-state index in [1.54, 1.807) is 6.33 Å². The lowest BCUT2D eigenvalue weighted by atomic mass is 10.0. The molecule has 2 rings (SSSR count). The molecule has 0 atom stereocenters. The quantitative estimate of drug-likeness (QED) is 0.665. The van der Waals surface area contributed by atoms with Crippen molar-refractivity contribution in [3.63, 3.8) is 0 Å². The van der Waals surface area contributed by atoms with Crippen LogP contribution in [-0.2, 0) is 6.54 Å². The summed E-state index contributed by atoms with van der Waals surface area (Å²) in [6.45, 7) is 0.848. The monoisotopic (exact) mass is 162 g/mol. The van der Waals surface area contributed by atoms with E-state index in [0.29, 0.717) is 6.42 Å². The van der Waals surface area contributed by atoms with Gasteiger partial charge in [0.2, 0.25) is 0 Å². The van der Waals surface area contributed by atoms with E-state index in [-0.39, 0.29) is 5.41 Å². The van der Waals surface area contributed by atoms with E-state index in [2.05, 4.69) is 16.2 Å². The highest BCUT2D eigenvalue weighted by molar-refractivity contribution is 4.98. The van der Waals surface area contributed by atoms with Crippen molar-refractivity contribution in [2.45, 2.75) is 25.8 Å². The zero-order valence-corrected chi connectivity index (χ0v) is 6.77. The molecule has 12 heavy (non-hydrogen) atoms. The van der Waals surface area contributed by atoms with E-state index in [9.17, 15) is 0 Å². The summed E-state index contributed by atoms with van der Waals surface area (Å²) in [4.78, 5) is 3.86. The van der Waals surface area contributed by atoms with Gasteiger partial charge in [-0.15, -0.1) is 0 Å². The van der Waals surface area contributed by atoms with E-state index in [0.717, 1.165) is 19.4 Å². The number of nitrogens with zero attached hydrogens (tertiary/aromatic N) is 4. The summed E-state index contributed by atoms with van der Waals surface area (Å²) in [7, 11) is 0. The van der Waals surface area contributed by atoms with Crippen LogP contribution in [-0.4, -0.2) is 14.8 Å². The molecule has 1 aliphatic carbocycles. The third-order valence-corrected chi connectivity index (χ3v) is 2.38. The summed E-state index contributed by atoms with van der Waals surface area (Å²) in [5.74, 6) is 0. The summed E-state index contributed by atoms with van der Waals surface area (Å²) in [5, 5.41) is 12.6. The van der Waals surface area contributed by atoms with Gasteiger partial charge in [0.05, 0.1) is 6.07 Å². The average Bonchev–Trinajstić information content (AvgIpc) is 2.63. The lowest BCUT2D eigenvalue weighted by Gasteiger charge is -2.08. The maximum Gasteiger partial charge on any atom is 0.137 e. The van der Waals surface area contributed by atoms with Gasteiger partial charge >= 0.3 is 0 Å². The predicted molar refractivity (Wildman–Crippen MR) is 41.9 cm³/mol. The van der Waals surface area contributed by atoms with Gasteiger partial charge in [-0.25, -0.2) is 4.98 Å². The minimum absolute atomic E-state index is 0.225. The van der Waals surface area contributed by atoms with Crippen LogP contribution in [0.25, 0.3) is 0 Å². The number of nitriles is 1. The van der Waals surface area contributed by atoms with Crippen molar-refractivity contribution in [1.29, 1.82) is 5.26 Å². The Balaban J connectivity index is 2.00. The summed E-state index contributed by atoms with van der Waals surface area (Å²) >= 11 is 0. The minimum Gasteiger partial charge on any atom is -0.252 e. The normalized spacial score (nSPS) is 18.6. The van der Waals surface area contributed by atoms with Crippen LogP contribution in [0.2, 0.25) is 0 Å². The second-order valence-corrected chi connectivity index (χ2v) is 3.43. The van der Waals surface area contributed by atoms with Crippen LogP contribution >= 0.6 is 0 Å². The molecule has 1 aromatic rings. The van der Waals surface area contributed by atoms with E-state index in [1.807, 2.05) is 4.68 Å². The summed E-state index contributed by atoms with van der Waals surface area (Å²) < 4.78 is 1.81. The highest BCUT2D eigenvalue weighted by Gasteiger charge is 2.42. The molecule has 4 nitrogen and oxygen atoms in total. The van der Waals surface area contributed by atoms with Crippen molar-refractivity contribution in [1.82, 2.24) is 14.8 Å². The van der Waals surface area contributed by atoms with Crippen LogP contribution in [0.5, 0.6) is 0 Å². The van der Waals surface area contributed by atoms with E-state index in [1.165, 1.54) is 6.33 Å². The molecular weight excluding hydrogens is 152 g/mol. The Hall–Kier alpha value is -1.37. The molecule has 1 fully saturated rings. The molecule has 4 heteroatoms. The molecule has 0 amide bonds. The molecule has 0 radical (unpaired) electrons. The number of hydrogen-bond acceptors (Lipinski definition) is 3. The third kappa shape index (κ3) is 1.30. The second kappa shape index (κ2) is 2.59. The first-order valence-corrected chi connectivity index (χ1v) is 4.04. The van der Waals surface area contributed by atoms with Gasteiger partial charge in [-0.2, -0.15) is 10.4 Å². The van der Waals surface area contributed by atoms with Crippen LogP contribution in [0.1, 0.15) is 19.3 Å². The Morgan fingerprint density at radius 1 is 1.58 bits per heavy atom. The van der Waals surface area contributed by atoms with Crippen molar-refractivity contribution >= 4 is 0 Å². The molecule has 0 N–H and O–H groups in total. The van der Waals surface area contributed by atoms with Crippen LogP contribution in [0, 0.1) is 16.7 Å². The SMILES string of the molecule is N#CCC1(Cn2cncn2)CC1. The zero-order valence-electron chi connectivity index (χ0n) is 6.77. The van der Waals surface area contributed by atoms with Crippen molar-refractivity contribution in [2.24, 2.45) is 5.41 Å². The first-order chi connectivity index (χ1) is 5.85. The Labute approximate surface area is 70.8 Å². The van der Waals surface area contributed by atoms with Crippen molar-refractivity contribution in [2.75, 3.05) is 0 Å². The van der Waals surface area contributed by atoms with Crippen molar-refractivity contribution in [3.8, 4) is 6.07 Å². The van der Waals surface area contributed by atoms with Gasteiger partial charge in [-0.05, 0) is 12.8 Å². The van der Waals surface area contributed by atoms with Gasteiger partial charge in [0.25, 0.3) is 0 Å². The number of rotatable bonds is 3. The van der Waals surface area contributed by atoms with Crippen LogP contribution in [0.3, 0.4) is 0 Å². The fraction of sp³-hybridized carbons (Fsp3) is 0.625. The average molecular weight is 162 g/mol. The maximum atomic E-state index is 8.58. The molecule has 0 spiro atoms. The van der Waals surface area contributed by atoms with Gasteiger partial charge in [-0.3, -0.25) is 4.68 Å². The lowest BCUT2D eigenvalue weighted by molar-refractivity contribution is 0.404. The highest BCUT2D eigenvalue weighted by Crippen LogP contribution is 2.49. The van der Waals surface area contributed by atoms with Crippen LogP contribution < -0.4 is 0 Å². The number of hydrogen-bond donors (Lipinski definition) is 0. The lowest BCUT2D eigenvalue weighted by Crippen LogP contribution is -2.11. The highest BCUT2D eigenvalue weighted by atomic mass is 15.3. The van der Waals surface area contributed by atoms with E-state index >= 15 is 0 Å². The Kier molecular flexibility index (Phi) is 1.58. The largest absolute Gasteiger partial charge is 0.252 e. The topological polar surface area (TPSA) is 54.5 Å². The van der Waals surface area contributed by atoms with E-state index < -0.39 is 0 Å². The number of aromatic nitrogens is 3. The molecule has 1 saturated carbocycles. The predicted octanol–water partition coefficient (Wildman–Crippen LogP) is 0.972. The molecule has 0 unspecified atom stereocenters. The smallest absolute Gasteiger partial charge is 0.137 e. The first-order valence-electron chi connectivity index (χ1n) is 4.04. The van der Waals surface area contributed by atoms with Gasteiger partial charge in [0, 0.05) is 18.4 Å². The Morgan fingerprint density at radius 2 is 2.42 bits per heavy atom. The zero-order chi connectivity index (χ0) is 8.44. The molecule has 1 aromatic heterocycles. The van der Waals surface area contributed by atoms with Gasteiger partial charge in [0.15, 0.2) is 0 Å². The molecule has 1 heterocycles. The van der Waals surface area contributed by atoms with Gasteiger partial charge in [-0.1, -0.05) is 0 Å². The molecule has 0 saturated heterocycles. The Morgan fingerprint density at radius 3 is 2.92 bits per heavy atom. The molecule has 0 aliphatic heterocycles. The van der Waals surface area contributed by atoms with Crippen LogP contribution in [0.15, 0.2) is 12.7 Å². The molecule has 1 aliphatic rings. The molecule has 0 aromatic carbocycles. The fourth-order valence-corrected chi connectivity index (χ4v) is 1.39. The van der Waals surface area contributed by atoms with Gasteiger partial charge in [0.1, 0.15) is 12.7 Å². The summed E-state index contributed by atoms with van der Waals surface area (Å²) in [5.41, 5.74) is 0.225. The minimum atomic E-state index is 0.225. The van der Waals surface area contributed by atoms with Crippen molar-refractivity contribution < 1.29 is 0 Å². The van der Waals surface area contributed by atoms with E-state index in [4.69, 9.17) is 5.26 Å². The molecule has 0 bridgehead atoms. The standard InChI is InChI=1S/C8H10N4/c9-4-3-8(1-2-8)5-12-7-10-6-11-12/h6-7H,1-3,5H2. The third-order valence-electron chi connectivity index (χ3n) is 2.38. The molecular formula is C8H10N4. The fourth-order valence-electron chi connectivity index (χ4n) is 1.39. The van der Waals surface area contributed by atoms with Crippen molar-refractivity contribution in [3.05, 3.63) is 12.7 Å². The summed E-state index contributed by atoms with van der Waals surface area (Å²) in [6.07, 6.45) is 6.19. The Bertz CT molecular complexity index is 291. The summed E-state index contributed by atoms with van der Waals surface area (Å²) in [6, 6.07) is 2.22. The first kappa shape index (κ1) is 7.29. The second-order valence-electron chi connectivity index (χ2n) is 3.43.